The first-order valence-corrected chi connectivity index (χ1v) is 16.0. The molecular weight excluding hydrogens is 538 g/mol. The molecule has 1 amide bonds. The minimum absolute atomic E-state index is 0.0551. The van der Waals surface area contributed by atoms with E-state index in [-0.39, 0.29) is 24.0 Å². The van der Waals surface area contributed by atoms with Gasteiger partial charge >= 0.3 is 0 Å². The number of carbonyl (C=O) groups is 1. The fraction of sp³-hybridized carbons (Fsp3) is 0.528. The summed E-state index contributed by atoms with van der Waals surface area (Å²) in [6.07, 6.45) is 5.73. The molecule has 0 radical (unpaired) electrons. The maximum absolute atomic E-state index is 13.9. The number of aliphatic hydroxyl groups excluding tert-OH is 1. The molecule has 1 atom stereocenters. The molecule has 3 aliphatic rings. The van der Waals surface area contributed by atoms with E-state index in [1.54, 1.807) is 0 Å². The monoisotopic (exact) mass is 587 g/mol. The number of hydrogen-bond acceptors (Lipinski definition) is 6. The topological polar surface area (TPSA) is 83.1 Å². The van der Waals surface area contributed by atoms with Crippen molar-refractivity contribution in [1.29, 1.82) is 0 Å². The van der Waals surface area contributed by atoms with Gasteiger partial charge in [0.1, 0.15) is 0 Å². The van der Waals surface area contributed by atoms with Crippen LogP contribution in [0, 0.1) is 6.92 Å². The molecule has 3 N–H and O–H groups in total. The molecule has 2 fully saturated rings. The number of hydrogen-bond donors (Lipinski definition) is 3. The van der Waals surface area contributed by atoms with Crippen LogP contribution in [0.25, 0.3) is 11.1 Å². The van der Waals surface area contributed by atoms with Gasteiger partial charge in [-0.15, -0.1) is 0 Å². The Kier molecular flexibility index (Phi) is 9.95. The zero-order valence-corrected chi connectivity index (χ0v) is 26.6. The minimum atomic E-state index is -0.256. The summed E-state index contributed by atoms with van der Waals surface area (Å²) in [5.74, 6) is -0.0551. The number of dihydropyridines is 1. The van der Waals surface area contributed by atoms with Gasteiger partial charge in [0.2, 0.25) is 0 Å². The molecule has 5 rings (SSSR count). The summed E-state index contributed by atoms with van der Waals surface area (Å²) < 4.78 is 11.3. The lowest BCUT2D eigenvalue weighted by Gasteiger charge is -2.37. The third-order valence-corrected chi connectivity index (χ3v) is 9.84. The fourth-order valence-corrected chi connectivity index (χ4v) is 7.13. The van der Waals surface area contributed by atoms with Crippen molar-refractivity contribution in [2.24, 2.45) is 0 Å². The third-order valence-electron chi connectivity index (χ3n) is 9.84. The maximum atomic E-state index is 13.9. The molecular formula is C36H49N3O4. The zero-order chi connectivity index (χ0) is 30.6. The van der Waals surface area contributed by atoms with Crippen molar-refractivity contribution >= 4 is 11.6 Å². The number of benzene rings is 2. The molecule has 0 spiro atoms. The number of carbonyl (C=O) groups excluding carboxylic acids is 1. The predicted octanol–water partition coefficient (Wildman–Crippen LogP) is 5.65. The molecule has 232 valence electrons. The summed E-state index contributed by atoms with van der Waals surface area (Å²) in [5, 5.41) is 17.1. The molecule has 2 saturated heterocycles. The normalized spacial score (nSPS) is 20.8. The lowest BCUT2D eigenvalue weighted by atomic mass is 9.74. The van der Waals surface area contributed by atoms with Crippen molar-refractivity contribution in [3.05, 3.63) is 76.0 Å². The van der Waals surface area contributed by atoms with Gasteiger partial charge in [0.25, 0.3) is 5.91 Å². The van der Waals surface area contributed by atoms with Crippen molar-refractivity contribution in [1.82, 2.24) is 10.6 Å². The quantitative estimate of drug-likeness (QED) is 0.352. The van der Waals surface area contributed by atoms with Crippen LogP contribution in [-0.4, -0.2) is 69.2 Å². The summed E-state index contributed by atoms with van der Waals surface area (Å²) >= 11 is 0. The van der Waals surface area contributed by atoms with Gasteiger partial charge in [-0.2, -0.15) is 0 Å². The Hall–Kier alpha value is -3.13. The Morgan fingerprint density at radius 1 is 1.02 bits per heavy atom. The van der Waals surface area contributed by atoms with E-state index in [0.717, 1.165) is 79.1 Å². The van der Waals surface area contributed by atoms with Gasteiger partial charge in [0.15, 0.2) is 0 Å². The first-order chi connectivity index (χ1) is 20.8. The van der Waals surface area contributed by atoms with E-state index >= 15 is 0 Å². The van der Waals surface area contributed by atoms with E-state index in [0.29, 0.717) is 31.4 Å². The Balaban J connectivity index is 1.50. The number of aliphatic hydroxyl groups is 1. The van der Waals surface area contributed by atoms with Crippen LogP contribution < -0.4 is 15.5 Å². The van der Waals surface area contributed by atoms with Crippen molar-refractivity contribution in [2.75, 3.05) is 51.0 Å². The molecule has 0 bridgehead atoms. The van der Waals surface area contributed by atoms with E-state index in [2.05, 4.69) is 86.6 Å². The van der Waals surface area contributed by atoms with Crippen molar-refractivity contribution in [2.45, 2.75) is 77.8 Å². The van der Waals surface area contributed by atoms with Gasteiger partial charge in [-0.1, -0.05) is 24.3 Å². The minimum Gasteiger partial charge on any atom is -0.395 e. The van der Waals surface area contributed by atoms with Crippen LogP contribution in [0.5, 0.6) is 0 Å². The smallest absolute Gasteiger partial charge is 0.251 e. The molecule has 7 nitrogen and oxygen atoms in total. The Morgan fingerprint density at radius 2 is 1.70 bits per heavy atom. The Morgan fingerprint density at radius 3 is 2.33 bits per heavy atom. The predicted molar refractivity (Wildman–Crippen MR) is 174 cm³/mol. The van der Waals surface area contributed by atoms with E-state index in [1.807, 2.05) is 6.07 Å². The summed E-state index contributed by atoms with van der Waals surface area (Å²) in [5.41, 5.74) is 9.35. The van der Waals surface area contributed by atoms with Gasteiger partial charge in [-0.25, -0.2) is 0 Å². The SMILES string of the molecule is CCN(c1cc(-c2ccc(C3(CO)CCOCC3)cc2)cc(C(=O)NCC2=C(C)C=C(C)NC2C)c1C)C1CCOCC1. The number of rotatable bonds is 9. The third kappa shape index (κ3) is 6.69. The molecule has 0 saturated carbocycles. The number of nitrogens with zero attached hydrogens (tertiary/aromatic N) is 1. The summed E-state index contributed by atoms with van der Waals surface area (Å²) in [6, 6.07) is 13.4. The highest BCUT2D eigenvalue weighted by molar-refractivity contribution is 5.99. The molecule has 1 unspecified atom stereocenters. The van der Waals surface area contributed by atoms with Crippen molar-refractivity contribution < 1.29 is 19.4 Å². The van der Waals surface area contributed by atoms with E-state index in [9.17, 15) is 9.90 Å². The van der Waals surface area contributed by atoms with Crippen molar-refractivity contribution in [3.8, 4) is 11.1 Å². The highest BCUT2D eigenvalue weighted by Gasteiger charge is 2.34. The standard InChI is InChI=1S/C36H49N3O4/c1-6-39(31-11-15-42-16-12-31)34-21-29(28-7-9-30(10-8-28)36(23-40)13-17-43-18-14-36)20-32(26(34)4)35(41)37-22-33-24(2)19-25(3)38-27(33)5/h7-10,19-21,27,31,38,40H,6,11-18,22-23H2,1-5H3,(H,37,41). The first-order valence-electron chi connectivity index (χ1n) is 16.0. The second-order valence-corrected chi connectivity index (χ2v) is 12.5. The van der Waals surface area contributed by atoms with Crippen LogP contribution in [0.1, 0.15) is 74.9 Å². The molecule has 3 aliphatic heterocycles. The summed E-state index contributed by atoms with van der Waals surface area (Å²) in [4.78, 5) is 16.4. The molecule has 7 heteroatoms. The fourth-order valence-electron chi connectivity index (χ4n) is 7.13. The molecule has 3 heterocycles. The molecule has 43 heavy (non-hydrogen) atoms. The highest BCUT2D eigenvalue weighted by atomic mass is 16.5. The second-order valence-electron chi connectivity index (χ2n) is 12.5. The van der Waals surface area contributed by atoms with Crippen LogP contribution in [0.2, 0.25) is 0 Å². The van der Waals surface area contributed by atoms with Gasteiger partial charge in [0, 0.05) is 74.0 Å². The molecule has 2 aromatic rings. The Bertz CT molecular complexity index is 1350. The number of nitrogens with one attached hydrogen (secondary N) is 2. The number of amides is 1. The highest BCUT2D eigenvalue weighted by Crippen LogP contribution is 2.37. The van der Waals surface area contributed by atoms with Gasteiger partial charge < -0.3 is 30.1 Å². The lowest BCUT2D eigenvalue weighted by Crippen LogP contribution is -2.40. The average Bonchev–Trinajstić information content (AvgIpc) is 3.02. The average molecular weight is 588 g/mol. The van der Waals surface area contributed by atoms with Crippen LogP contribution in [0.3, 0.4) is 0 Å². The largest absolute Gasteiger partial charge is 0.395 e. The number of anilines is 1. The van der Waals surface area contributed by atoms with Crippen LogP contribution in [-0.2, 0) is 14.9 Å². The molecule has 0 aliphatic carbocycles. The van der Waals surface area contributed by atoms with Crippen LogP contribution in [0.15, 0.2) is 59.3 Å². The summed E-state index contributed by atoms with van der Waals surface area (Å²) in [6.45, 7) is 14.9. The van der Waals surface area contributed by atoms with Crippen LogP contribution in [0.4, 0.5) is 5.69 Å². The zero-order valence-electron chi connectivity index (χ0n) is 26.6. The first kappa shape index (κ1) is 31.3. The molecule has 2 aromatic carbocycles. The Labute approximate surface area is 257 Å². The van der Waals surface area contributed by atoms with Gasteiger partial charge in [-0.05, 0) is 112 Å². The van der Waals surface area contributed by atoms with Gasteiger partial charge in [-0.3, -0.25) is 4.79 Å². The van der Waals surface area contributed by atoms with Gasteiger partial charge in [0.05, 0.1) is 6.61 Å². The van der Waals surface area contributed by atoms with E-state index in [1.165, 1.54) is 11.1 Å². The van der Waals surface area contributed by atoms with E-state index < -0.39 is 0 Å². The molecule has 0 aromatic heterocycles. The van der Waals surface area contributed by atoms with Crippen molar-refractivity contribution in [3.63, 3.8) is 0 Å². The van der Waals surface area contributed by atoms with Crippen LogP contribution >= 0.6 is 0 Å². The lowest BCUT2D eigenvalue weighted by molar-refractivity contribution is 0.0253. The van der Waals surface area contributed by atoms with E-state index in [4.69, 9.17) is 9.47 Å². The number of allylic oxidation sites excluding steroid dienone is 3. The second kappa shape index (κ2) is 13.7. The summed E-state index contributed by atoms with van der Waals surface area (Å²) in [7, 11) is 0. The number of ether oxygens (including phenoxy) is 2. The maximum Gasteiger partial charge on any atom is 0.251 e.